The predicted octanol–water partition coefficient (Wildman–Crippen LogP) is 2.51. The first-order valence-corrected chi connectivity index (χ1v) is 8.91. The number of nitro groups is 2. The molecule has 0 bridgehead atoms. The summed E-state index contributed by atoms with van der Waals surface area (Å²) in [6, 6.07) is 9.14. The monoisotopic (exact) mass is 413 g/mol. The smallest absolute Gasteiger partial charge is 0.358 e. The topological polar surface area (TPSA) is 151 Å². The standard InChI is InChI=1S/C18H19N7O5/c1-11-7-12(2)22(20-11)9-14-5-4-6-15(8-14)19-16(26)10-23-13(3)17(24(27)28)18(21-23)25(29)30/h4-8H,9-10H2,1-3H3,(H,19,26). The first-order chi connectivity index (χ1) is 14.2. The Hall–Kier alpha value is -4.09. The minimum atomic E-state index is -0.942. The van der Waals surface area contributed by atoms with Crippen LogP contribution in [0.25, 0.3) is 0 Å². The number of hydrogen-bond acceptors (Lipinski definition) is 7. The van der Waals surface area contributed by atoms with Crippen LogP contribution in [-0.2, 0) is 17.9 Å². The molecule has 0 saturated carbocycles. The molecule has 0 fully saturated rings. The van der Waals surface area contributed by atoms with E-state index in [0.717, 1.165) is 21.6 Å². The maximum absolute atomic E-state index is 12.4. The van der Waals surface area contributed by atoms with E-state index in [9.17, 15) is 25.0 Å². The molecule has 0 atom stereocenters. The van der Waals surface area contributed by atoms with Crippen molar-refractivity contribution < 1.29 is 14.6 Å². The Balaban J connectivity index is 1.74. The van der Waals surface area contributed by atoms with E-state index < -0.39 is 33.8 Å². The fraction of sp³-hybridized carbons (Fsp3) is 0.278. The second kappa shape index (κ2) is 8.11. The van der Waals surface area contributed by atoms with Crippen molar-refractivity contribution in [3.05, 3.63) is 73.2 Å². The number of rotatable bonds is 7. The van der Waals surface area contributed by atoms with Crippen molar-refractivity contribution in [3.63, 3.8) is 0 Å². The van der Waals surface area contributed by atoms with Crippen molar-refractivity contribution in [3.8, 4) is 0 Å². The molecule has 156 valence electrons. The Morgan fingerprint density at radius 1 is 1.07 bits per heavy atom. The van der Waals surface area contributed by atoms with E-state index in [-0.39, 0.29) is 5.69 Å². The molecule has 2 heterocycles. The van der Waals surface area contributed by atoms with Gasteiger partial charge in [0.1, 0.15) is 12.2 Å². The number of nitrogens with zero attached hydrogens (tertiary/aromatic N) is 6. The highest BCUT2D eigenvalue weighted by atomic mass is 16.6. The van der Waals surface area contributed by atoms with Crippen LogP contribution >= 0.6 is 0 Å². The fourth-order valence-electron chi connectivity index (χ4n) is 3.10. The van der Waals surface area contributed by atoms with E-state index in [1.165, 1.54) is 6.92 Å². The van der Waals surface area contributed by atoms with Crippen LogP contribution in [0.1, 0.15) is 22.6 Å². The van der Waals surface area contributed by atoms with Gasteiger partial charge in [0.15, 0.2) is 0 Å². The minimum Gasteiger partial charge on any atom is -0.358 e. The number of carbonyl (C=O) groups is 1. The van der Waals surface area contributed by atoms with Crippen molar-refractivity contribution in [2.45, 2.75) is 33.9 Å². The van der Waals surface area contributed by atoms with Crippen LogP contribution in [0.3, 0.4) is 0 Å². The van der Waals surface area contributed by atoms with Crippen LogP contribution in [0.15, 0.2) is 30.3 Å². The third-order valence-corrected chi connectivity index (χ3v) is 4.45. The number of aromatic nitrogens is 4. The fourth-order valence-corrected chi connectivity index (χ4v) is 3.10. The summed E-state index contributed by atoms with van der Waals surface area (Å²) in [6.45, 7) is 5.30. The highest BCUT2D eigenvalue weighted by Crippen LogP contribution is 2.29. The van der Waals surface area contributed by atoms with Crippen LogP contribution in [0, 0.1) is 41.0 Å². The normalized spacial score (nSPS) is 10.8. The molecular formula is C18H19N7O5. The predicted molar refractivity (Wildman–Crippen MR) is 106 cm³/mol. The van der Waals surface area contributed by atoms with Gasteiger partial charge in [0.25, 0.3) is 0 Å². The molecule has 3 aromatic rings. The highest BCUT2D eigenvalue weighted by molar-refractivity contribution is 5.90. The van der Waals surface area contributed by atoms with E-state index in [1.807, 2.05) is 30.7 Å². The van der Waals surface area contributed by atoms with Gasteiger partial charge in [-0.1, -0.05) is 12.1 Å². The summed E-state index contributed by atoms with van der Waals surface area (Å²) in [5.74, 6) is -1.41. The summed E-state index contributed by atoms with van der Waals surface area (Å²) in [5.41, 5.74) is 2.57. The molecule has 0 spiro atoms. The third kappa shape index (κ3) is 4.32. The number of carbonyl (C=O) groups excluding carboxylic acids is 1. The number of amides is 1. The molecule has 1 amide bonds. The van der Waals surface area contributed by atoms with Crippen molar-refractivity contribution in [1.29, 1.82) is 0 Å². The van der Waals surface area contributed by atoms with Crippen molar-refractivity contribution in [2.24, 2.45) is 0 Å². The molecule has 2 aromatic heterocycles. The van der Waals surface area contributed by atoms with Crippen molar-refractivity contribution >= 4 is 23.1 Å². The van der Waals surface area contributed by atoms with Gasteiger partial charge in [-0.15, -0.1) is 0 Å². The molecule has 0 saturated heterocycles. The lowest BCUT2D eigenvalue weighted by Gasteiger charge is -2.08. The highest BCUT2D eigenvalue weighted by Gasteiger charge is 2.35. The van der Waals surface area contributed by atoms with E-state index in [0.29, 0.717) is 12.2 Å². The molecule has 1 aromatic carbocycles. The van der Waals surface area contributed by atoms with Gasteiger partial charge in [-0.05, 0) is 49.5 Å². The molecule has 0 aliphatic heterocycles. The average molecular weight is 413 g/mol. The average Bonchev–Trinajstić information content (AvgIpc) is 3.14. The van der Waals surface area contributed by atoms with E-state index >= 15 is 0 Å². The summed E-state index contributed by atoms with van der Waals surface area (Å²) in [4.78, 5) is 32.7. The van der Waals surface area contributed by atoms with E-state index in [1.54, 1.807) is 18.2 Å². The lowest BCUT2D eigenvalue weighted by molar-refractivity contribution is -0.424. The van der Waals surface area contributed by atoms with Gasteiger partial charge in [0.2, 0.25) is 5.91 Å². The molecular weight excluding hydrogens is 394 g/mol. The number of hydrogen-bond donors (Lipinski definition) is 1. The van der Waals surface area contributed by atoms with Crippen molar-refractivity contribution in [2.75, 3.05) is 5.32 Å². The Bertz CT molecular complexity index is 1150. The molecule has 1 N–H and O–H groups in total. The summed E-state index contributed by atoms with van der Waals surface area (Å²) in [7, 11) is 0. The molecule has 0 aliphatic carbocycles. The van der Waals surface area contributed by atoms with Crippen LogP contribution in [0.4, 0.5) is 17.2 Å². The Morgan fingerprint density at radius 2 is 1.80 bits per heavy atom. The Kier molecular flexibility index (Phi) is 5.58. The summed E-state index contributed by atoms with van der Waals surface area (Å²) in [6.07, 6.45) is 0. The lowest BCUT2D eigenvalue weighted by atomic mass is 10.2. The summed E-state index contributed by atoms with van der Waals surface area (Å²) >= 11 is 0. The van der Waals surface area contributed by atoms with Gasteiger partial charge in [0, 0.05) is 11.4 Å². The minimum absolute atomic E-state index is 0.0693. The van der Waals surface area contributed by atoms with Crippen LogP contribution in [-0.4, -0.2) is 35.3 Å². The molecule has 30 heavy (non-hydrogen) atoms. The van der Waals surface area contributed by atoms with Crippen LogP contribution in [0.2, 0.25) is 0 Å². The number of aryl methyl sites for hydroxylation is 2. The second-order valence-corrected chi connectivity index (χ2v) is 6.76. The molecule has 0 aliphatic rings. The zero-order chi connectivity index (χ0) is 22.0. The van der Waals surface area contributed by atoms with Gasteiger partial charge in [-0.25, -0.2) is 0 Å². The first-order valence-electron chi connectivity index (χ1n) is 8.91. The number of anilines is 1. The van der Waals surface area contributed by atoms with Gasteiger partial charge in [0.05, 0.1) is 22.3 Å². The zero-order valence-electron chi connectivity index (χ0n) is 16.5. The van der Waals surface area contributed by atoms with Crippen LogP contribution in [0.5, 0.6) is 0 Å². The van der Waals surface area contributed by atoms with E-state index in [2.05, 4.69) is 15.5 Å². The summed E-state index contributed by atoms with van der Waals surface area (Å²) in [5, 5.41) is 32.8. The van der Waals surface area contributed by atoms with E-state index in [4.69, 9.17) is 0 Å². The number of nitrogens with one attached hydrogen (secondary N) is 1. The quantitative estimate of drug-likeness (QED) is 0.461. The van der Waals surface area contributed by atoms with Crippen molar-refractivity contribution in [1.82, 2.24) is 19.6 Å². The zero-order valence-corrected chi connectivity index (χ0v) is 16.5. The second-order valence-electron chi connectivity index (χ2n) is 6.76. The van der Waals surface area contributed by atoms with Crippen LogP contribution < -0.4 is 5.32 Å². The summed E-state index contributed by atoms with van der Waals surface area (Å²) < 4.78 is 2.80. The molecule has 0 unspecified atom stereocenters. The maximum Gasteiger partial charge on any atom is 0.468 e. The van der Waals surface area contributed by atoms with Gasteiger partial charge in [-0.2, -0.15) is 9.78 Å². The van der Waals surface area contributed by atoms with Gasteiger partial charge >= 0.3 is 11.5 Å². The molecule has 3 rings (SSSR count). The largest absolute Gasteiger partial charge is 0.468 e. The number of benzene rings is 1. The molecule has 0 radical (unpaired) electrons. The lowest BCUT2D eigenvalue weighted by Crippen LogP contribution is -2.20. The Morgan fingerprint density at radius 3 is 2.37 bits per heavy atom. The maximum atomic E-state index is 12.4. The van der Waals surface area contributed by atoms with Gasteiger partial charge < -0.3 is 15.4 Å². The molecule has 12 nitrogen and oxygen atoms in total. The third-order valence-electron chi connectivity index (χ3n) is 4.45. The SMILES string of the molecule is Cc1cc(C)n(Cc2cccc(NC(=O)Cn3nc([N+](=O)[O-])c([N+](=O)[O-])c3C)c2)n1. The van der Waals surface area contributed by atoms with Gasteiger partial charge in [-0.3, -0.25) is 19.6 Å². The molecule has 12 heteroatoms. The Labute approximate surface area is 170 Å². The first kappa shape index (κ1) is 20.6.